The highest BCUT2D eigenvalue weighted by molar-refractivity contribution is 7.71. The van der Waals surface area contributed by atoms with Crippen LogP contribution in [-0.4, -0.2) is 40.0 Å². The van der Waals surface area contributed by atoms with Gasteiger partial charge in [-0.05, 0) is 63.7 Å². The normalized spacial score (nSPS) is 14.0. The zero-order valence-electron chi connectivity index (χ0n) is 16.1. The third-order valence-electron chi connectivity index (χ3n) is 4.57. The number of benzene rings is 1. The lowest BCUT2D eigenvalue weighted by Crippen LogP contribution is -2.22. The molecule has 0 N–H and O–H groups in total. The molecule has 0 bridgehead atoms. The molecular formula is C19H28N4O2S. The van der Waals surface area contributed by atoms with Gasteiger partial charge in [0, 0.05) is 19.0 Å². The molecule has 6 nitrogen and oxygen atoms in total. The zero-order valence-corrected chi connectivity index (χ0v) is 16.9. The fraction of sp³-hybridized carbons (Fsp3) is 0.579. The first-order chi connectivity index (χ1) is 12.6. The second kappa shape index (κ2) is 8.22. The summed E-state index contributed by atoms with van der Waals surface area (Å²) in [5.41, 5.74) is 1.16. The van der Waals surface area contributed by atoms with Crippen molar-refractivity contribution in [2.75, 3.05) is 20.8 Å². The molecule has 3 rings (SSSR count). The van der Waals surface area contributed by atoms with Gasteiger partial charge in [-0.25, -0.2) is 4.68 Å². The monoisotopic (exact) mass is 376 g/mol. The van der Waals surface area contributed by atoms with Crippen molar-refractivity contribution >= 4 is 12.2 Å². The molecule has 0 unspecified atom stereocenters. The Bertz CT molecular complexity index is 810. The minimum atomic E-state index is 0.596. The van der Waals surface area contributed by atoms with E-state index in [1.807, 2.05) is 23.7 Å². The molecule has 1 heterocycles. The summed E-state index contributed by atoms with van der Waals surface area (Å²) in [6, 6.07) is 6.07. The predicted molar refractivity (Wildman–Crippen MR) is 104 cm³/mol. The maximum Gasteiger partial charge on any atom is 0.199 e. The number of hydrogen-bond acceptors (Lipinski definition) is 5. The molecule has 1 saturated carbocycles. The fourth-order valence-corrected chi connectivity index (χ4v) is 3.49. The van der Waals surface area contributed by atoms with Crippen LogP contribution in [0.1, 0.15) is 44.0 Å². The van der Waals surface area contributed by atoms with E-state index in [2.05, 4.69) is 29.5 Å². The standard InChI is InChI=1S/C19H28N4O2S/c1-5-22-18(15-8-9-15)20-23(19(22)26)13-21(3)12-14-7-10-16(25-6-2)17(11-14)24-4/h7,10-11,15H,5-6,8-9,12-13H2,1-4H3. The van der Waals surface area contributed by atoms with Gasteiger partial charge < -0.3 is 14.0 Å². The Balaban J connectivity index is 1.71. The number of aromatic nitrogens is 3. The van der Waals surface area contributed by atoms with Crippen molar-refractivity contribution in [3.8, 4) is 11.5 Å². The quantitative estimate of drug-likeness (QED) is 0.623. The molecule has 1 fully saturated rings. The maximum atomic E-state index is 5.63. The Hall–Kier alpha value is -1.86. The molecule has 0 saturated heterocycles. The molecule has 0 spiro atoms. The highest BCUT2D eigenvalue weighted by Crippen LogP contribution is 2.39. The number of nitrogens with zero attached hydrogens (tertiary/aromatic N) is 4. The van der Waals surface area contributed by atoms with Gasteiger partial charge in [0.15, 0.2) is 16.3 Å². The van der Waals surface area contributed by atoms with Crippen molar-refractivity contribution < 1.29 is 9.47 Å². The van der Waals surface area contributed by atoms with E-state index in [-0.39, 0.29) is 0 Å². The number of hydrogen-bond donors (Lipinski definition) is 0. The zero-order chi connectivity index (χ0) is 18.7. The van der Waals surface area contributed by atoms with Gasteiger partial charge >= 0.3 is 0 Å². The number of ether oxygens (including phenoxy) is 2. The molecule has 2 aromatic rings. The third-order valence-corrected chi connectivity index (χ3v) is 5.00. The minimum absolute atomic E-state index is 0.596. The van der Waals surface area contributed by atoms with E-state index in [1.54, 1.807) is 7.11 Å². The Morgan fingerprint density at radius 2 is 2.04 bits per heavy atom. The van der Waals surface area contributed by atoms with Gasteiger partial charge in [-0.2, -0.15) is 5.10 Å². The number of methoxy groups -OCH3 is 1. The summed E-state index contributed by atoms with van der Waals surface area (Å²) >= 11 is 5.63. The molecule has 0 amide bonds. The van der Waals surface area contributed by atoms with E-state index in [1.165, 1.54) is 12.8 Å². The smallest absolute Gasteiger partial charge is 0.199 e. The maximum absolute atomic E-state index is 5.63. The van der Waals surface area contributed by atoms with Crippen LogP contribution in [-0.2, 0) is 19.8 Å². The lowest BCUT2D eigenvalue weighted by atomic mass is 10.2. The first-order valence-electron chi connectivity index (χ1n) is 9.23. The van der Waals surface area contributed by atoms with Crippen LogP contribution in [0.2, 0.25) is 0 Å². The van der Waals surface area contributed by atoms with Gasteiger partial charge in [0.25, 0.3) is 0 Å². The van der Waals surface area contributed by atoms with Gasteiger partial charge in [0.1, 0.15) is 5.82 Å². The van der Waals surface area contributed by atoms with Crippen LogP contribution < -0.4 is 9.47 Å². The Morgan fingerprint density at radius 3 is 2.65 bits per heavy atom. The molecule has 0 aliphatic heterocycles. The molecule has 1 aromatic carbocycles. The molecule has 1 aliphatic carbocycles. The van der Waals surface area contributed by atoms with Crippen LogP contribution >= 0.6 is 12.2 Å². The van der Waals surface area contributed by atoms with Crippen molar-refractivity contribution in [2.24, 2.45) is 0 Å². The first-order valence-corrected chi connectivity index (χ1v) is 9.64. The van der Waals surface area contributed by atoms with Crippen LogP contribution in [0.25, 0.3) is 0 Å². The molecule has 26 heavy (non-hydrogen) atoms. The Kier molecular flexibility index (Phi) is 5.98. The topological polar surface area (TPSA) is 44.5 Å². The van der Waals surface area contributed by atoms with Crippen molar-refractivity contribution in [3.63, 3.8) is 0 Å². The summed E-state index contributed by atoms with van der Waals surface area (Å²) in [4.78, 5) is 2.20. The van der Waals surface area contributed by atoms with Crippen molar-refractivity contribution in [2.45, 2.75) is 52.4 Å². The molecule has 7 heteroatoms. The van der Waals surface area contributed by atoms with Crippen molar-refractivity contribution in [1.29, 1.82) is 0 Å². The summed E-state index contributed by atoms with van der Waals surface area (Å²) < 4.78 is 16.0. The Morgan fingerprint density at radius 1 is 1.27 bits per heavy atom. The first kappa shape index (κ1) is 18.9. The molecule has 1 aliphatic rings. The van der Waals surface area contributed by atoms with E-state index in [0.717, 1.165) is 40.7 Å². The van der Waals surface area contributed by atoms with Crippen molar-refractivity contribution in [3.05, 3.63) is 34.4 Å². The van der Waals surface area contributed by atoms with Crippen LogP contribution in [0, 0.1) is 4.77 Å². The highest BCUT2D eigenvalue weighted by Gasteiger charge is 2.29. The van der Waals surface area contributed by atoms with Gasteiger partial charge in [0.05, 0.1) is 20.4 Å². The van der Waals surface area contributed by atoms with Gasteiger partial charge in [-0.15, -0.1) is 0 Å². The molecule has 0 atom stereocenters. The summed E-state index contributed by atoms with van der Waals surface area (Å²) in [5.74, 6) is 3.28. The van der Waals surface area contributed by atoms with Crippen LogP contribution in [0.15, 0.2) is 18.2 Å². The lowest BCUT2D eigenvalue weighted by molar-refractivity contribution is 0.242. The van der Waals surface area contributed by atoms with E-state index in [4.69, 9.17) is 26.8 Å². The predicted octanol–water partition coefficient (Wildman–Crippen LogP) is 3.81. The van der Waals surface area contributed by atoms with E-state index in [9.17, 15) is 0 Å². The summed E-state index contributed by atoms with van der Waals surface area (Å²) in [6.45, 7) is 7.05. The fourth-order valence-electron chi connectivity index (χ4n) is 3.17. The van der Waals surface area contributed by atoms with Gasteiger partial charge in [-0.1, -0.05) is 6.07 Å². The minimum Gasteiger partial charge on any atom is -0.493 e. The summed E-state index contributed by atoms with van der Waals surface area (Å²) in [5, 5.41) is 4.79. The second-order valence-electron chi connectivity index (χ2n) is 6.73. The van der Waals surface area contributed by atoms with Crippen molar-refractivity contribution in [1.82, 2.24) is 19.2 Å². The van der Waals surface area contributed by atoms with Crippen LogP contribution in [0.4, 0.5) is 0 Å². The van der Waals surface area contributed by atoms with E-state index < -0.39 is 0 Å². The lowest BCUT2D eigenvalue weighted by Gasteiger charge is -2.18. The average molecular weight is 377 g/mol. The molecule has 0 radical (unpaired) electrons. The SMILES string of the molecule is CCOc1ccc(CN(C)Cn2nc(C3CC3)n(CC)c2=S)cc1OC. The van der Waals surface area contributed by atoms with E-state index in [0.29, 0.717) is 19.2 Å². The molecule has 142 valence electrons. The third kappa shape index (κ3) is 4.10. The Labute approximate surface area is 160 Å². The van der Waals surface area contributed by atoms with Gasteiger partial charge in [0.2, 0.25) is 0 Å². The summed E-state index contributed by atoms with van der Waals surface area (Å²) in [7, 11) is 3.74. The number of rotatable bonds is 9. The second-order valence-corrected chi connectivity index (χ2v) is 7.10. The van der Waals surface area contributed by atoms with Crippen LogP contribution in [0.3, 0.4) is 0 Å². The molecular weight excluding hydrogens is 348 g/mol. The largest absolute Gasteiger partial charge is 0.493 e. The van der Waals surface area contributed by atoms with Gasteiger partial charge in [-0.3, -0.25) is 4.90 Å². The average Bonchev–Trinajstić information content (AvgIpc) is 3.42. The molecule has 1 aromatic heterocycles. The highest BCUT2D eigenvalue weighted by atomic mass is 32.1. The van der Waals surface area contributed by atoms with Crippen LogP contribution in [0.5, 0.6) is 11.5 Å². The summed E-state index contributed by atoms with van der Waals surface area (Å²) in [6.07, 6.45) is 2.46. The van der Waals surface area contributed by atoms with E-state index >= 15 is 0 Å².